The maximum absolute atomic E-state index is 12.2. The zero-order valence-electron chi connectivity index (χ0n) is 11.0. The first-order valence-corrected chi connectivity index (χ1v) is 6.30. The second-order valence-electron chi connectivity index (χ2n) is 4.43. The number of hydrogen-bond acceptors (Lipinski definition) is 4. The number of nitrogens with zero attached hydrogens (tertiary/aromatic N) is 4. The van der Waals surface area contributed by atoms with Crippen LogP contribution in [-0.2, 0) is 13.5 Å². The molecular formula is C13H14N6O. The number of carbonyl (C=O) groups excluding carboxylic acids is 1. The highest BCUT2D eigenvalue weighted by molar-refractivity contribution is 6.04. The Hall–Kier alpha value is -2.70. The number of hydrogen-bond donors (Lipinski definition) is 2. The molecule has 2 aromatic heterocycles. The number of para-hydroxylation sites is 1. The molecule has 0 atom stereocenters. The van der Waals surface area contributed by atoms with E-state index in [0.29, 0.717) is 18.7 Å². The molecular weight excluding hydrogens is 256 g/mol. The second-order valence-corrected chi connectivity index (χ2v) is 4.43. The van der Waals surface area contributed by atoms with E-state index in [1.807, 2.05) is 31.3 Å². The molecule has 20 heavy (non-hydrogen) atoms. The van der Waals surface area contributed by atoms with Crippen molar-refractivity contribution in [2.75, 3.05) is 6.54 Å². The van der Waals surface area contributed by atoms with E-state index in [1.54, 1.807) is 4.68 Å². The van der Waals surface area contributed by atoms with Crippen molar-refractivity contribution in [2.45, 2.75) is 6.42 Å². The number of rotatable bonds is 4. The first-order valence-electron chi connectivity index (χ1n) is 6.30. The van der Waals surface area contributed by atoms with Crippen LogP contribution in [0.3, 0.4) is 0 Å². The van der Waals surface area contributed by atoms with Crippen LogP contribution in [0.4, 0.5) is 0 Å². The van der Waals surface area contributed by atoms with Crippen molar-refractivity contribution < 1.29 is 4.79 Å². The molecule has 3 aromatic rings. The Morgan fingerprint density at radius 3 is 3.05 bits per heavy atom. The summed E-state index contributed by atoms with van der Waals surface area (Å²) in [4.78, 5) is 16.2. The highest BCUT2D eigenvalue weighted by Crippen LogP contribution is 2.17. The molecule has 1 amide bonds. The van der Waals surface area contributed by atoms with Gasteiger partial charge in [-0.25, -0.2) is 4.98 Å². The fraction of sp³-hybridized carbons (Fsp3) is 0.231. The summed E-state index contributed by atoms with van der Waals surface area (Å²) in [5.74, 6) is 0.567. The molecule has 102 valence electrons. The number of amides is 1. The monoisotopic (exact) mass is 270 g/mol. The molecule has 0 aliphatic heterocycles. The molecule has 7 nitrogen and oxygen atoms in total. The minimum absolute atomic E-state index is 0.179. The summed E-state index contributed by atoms with van der Waals surface area (Å²) in [5, 5.41) is 14.5. The standard InChI is InChI=1S/C13H14N6O/c1-19-10-5-3-2-4-9(10)12(18-19)13(20)14-7-6-11-15-8-16-17-11/h2-5,8H,6-7H2,1H3,(H,14,20)(H,15,16,17). The quantitative estimate of drug-likeness (QED) is 0.729. The lowest BCUT2D eigenvalue weighted by Crippen LogP contribution is -2.26. The first kappa shape index (κ1) is 12.3. The third-order valence-corrected chi connectivity index (χ3v) is 3.09. The predicted octanol–water partition coefficient (Wildman–Crippen LogP) is 0.664. The summed E-state index contributed by atoms with van der Waals surface area (Å²) >= 11 is 0. The van der Waals surface area contributed by atoms with Crippen molar-refractivity contribution in [3.05, 3.63) is 42.1 Å². The zero-order valence-corrected chi connectivity index (χ0v) is 11.0. The molecule has 1 aromatic carbocycles. The van der Waals surface area contributed by atoms with Gasteiger partial charge in [0.15, 0.2) is 5.69 Å². The van der Waals surface area contributed by atoms with Gasteiger partial charge in [-0.05, 0) is 6.07 Å². The number of benzene rings is 1. The van der Waals surface area contributed by atoms with E-state index in [1.165, 1.54) is 6.33 Å². The minimum Gasteiger partial charge on any atom is -0.350 e. The lowest BCUT2D eigenvalue weighted by atomic mass is 10.2. The number of aryl methyl sites for hydroxylation is 1. The average molecular weight is 270 g/mol. The van der Waals surface area contributed by atoms with Crippen molar-refractivity contribution in [2.24, 2.45) is 7.05 Å². The topological polar surface area (TPSA) is 88.5 Å². The molecule has 0 saturated carbocycles. The number of fused-ring (bicyclic) bond motifs is 1. The van der Waals surface area contributed by atoms with Crippen LogP contribution < -0.4 is 5.32 Å². The molecule has 0 fully saturated rings. The molecule has 0 spiro atoms. The van der Waals surface area contributed by atoms with Crippen LogP contribution in [-0.4, -0.2) is 37.4 Å². The second kappa shape index (κ2) is 5.12. The van der Waals surface area contributed by atoms with E-state index in [9.17, 15) is 4.79 Å². The van der Waals surface area contributed by atoms with Crippen molar-refractivity contribution in [1.29, 1.82) is 0 Å². The van der Waals surface area contributed by atoms with Gasteiger partial charge >= 0.3 is 0 Å². The van der Waals surface area contributed by atoms with E-state index >= 15 is 0 Å². The van der Waals surface area contributed by atoms with Gasteiger partial charge in [-0.15, -0.1) is 0 Å². The number of aromatic nitrogens is 5. The summed E-state index contributed by atoms with van der Waals surface area (Å²) in [6.07, 6.45) is 2.06. The van der Waals surface area contributed by atoms with Gasteiger partial charge in [0, 0.05) is 25.4 Å². The summed E-state index contributed by atoms with van der Waals surface area (Å²) < 4.78 is 1.71. The van der Waals surface area contributed by atoms with Crippen molar-refractivity contribution in [3.63, 3.8) is 0 Å². The van der Waals surface area contributed by atoms with Gasteiger partial charge < -0.3 is 5.32 Å². The van der Waals surface area contributed by atoms with E-state index < -0.39 is 0 Å². The van der Waals surface area contributed by atoms with Crippen LogP contribution in [0.2, 0.25) is 0 Å². The van der Waals surface area contributed by atoms with E-state index in [4.69, 9.17) is 0 Å². The first-order chi connectivity index (χ1) is 9.75. The lowest BCUT2D eigenvalue weighted by Gasteiger charge is -2.01. The average Bonchev–Trinajstić information content (AvgIpc) is 3.08. The van der Waals surface area contributed by atoms with E-state index in [0.717, 1.165) is 16.7 Å². The molecule has 0 radical (unpaired) electrons. The summed E-state index contributed by atoms with van der Waals surface area (Å²) in [6.45, 7) is 0.485. The van der Waals surface area contributed by atoms with Crippen LogP contribution in [0.15, 0.2) is 30.6 Å². The summed E-state index contributed by atoms with van der Waals surface area (Å²) in [6, 6.07) is 7.66. The van der Waals surface area contributed by atoms with Crippen LogP contribution in [0.5, 0.6) is 0 Å². The fourth-order valence-corrected chi connectivity index (χ4v) is 2.11. The van der Waals surface area contributed by atoms with Gasteiger partial charge in [0.2, 0.25) is 0 Å². The van der Waals surface area contributed by atoms with Crippen molar-refractivity contribution >= 4 is 16.8 Å². The normalized spacial score (nSPS) is 10.8. The number of aromatic amines is 1. The molecule has 2 N–H and O–H groups in total. The highest BCUT2D eigenvalue weighted by Gasteiger charge is 2.15. The number of carbonyl (C=O) groups is 1. The van der Waals surface area contributed by atoms with Gasteiger partial charge in [0.1, 0.15) is 12.2 Å². The van der Waals surface area contributed by atoms with Crippen LogP contribution in [0.1, 0.15) is 16.3 Å². The van der Waals surface area contributed by atoms with Gasteiger partial charge in [0.05, 0.1) is 5.52 Å². The summed E-state index contributed by atoms with van der Waals surface area (Å²) in [7, 11) is 1.83. The van der Waals surface area contributed by atoms with Crippen LogP contribution >= 0.6 is 0 Å². The van der Waals surface area contributed by atoms with Crippen molar-refractivity contribution in [3.8, 4) is 0 Å². The zero-order chi connectivity index (χ0) is 13.9. The minimum atomic E-state index is -0.179. The third kappa shape index (κ3) is 2.25. The van der Waals surface area contributed by atoms with Crippen LogP contribution in [0, 0.1) is 0 Å². The number of nitrogens with one attached hydrogen (secondary N) is 2. The summed E-state index contributed by atoms with van der Waals surface area (Å²) in [5.41, 5.74) is 1.38. The smallest absolute Gasteiger partial charge is 0.272 e. The Kier molecular flexibility index (Phi) is 3.16. The molecule has 0 saturated heterocycles. The van der Waals surface area contributed by atoms with Gasteiger partial charge in [-0.2, -0.15) is 10.2 Å². The Morgan fingerprint density at radius 1 is 1.40 bits per heavy atom. The third-order valence-electron chi connectivity index (χ3n) is 3.09. The van der Waals surface area contributed by atoms with Gasteiger partial charge in [0.25, 0.3) is 5.91 Å². The van der Waals surface area contributed by atoms with E-state index in [-0.39, 0.29) is 5.91 Å². The Morgan fingerprint density at radius 2 is 2.25 bits per heavy atom. The Bertz CT molecular complexity index is 730. The highest BCUT2D eigenvalue weighted by atomic mass is 16.1. The van der Waals surface area contributed by atoms with Crippen LogP contribution in [0.25, 0.3) is 10.9 Å². The van der Waals surface area contributed by atoms with Crippen molar-refractivity contribution in [1.82, 2.24) is 30.3 Å². The maximum atomic E-state index is 12.2. The molecule has 7 heteroatoms. The van der Waals surface area contributed by atoms with Gasteiger partial charge in [-0.1, -0.05) is 18.2 Å². The maximum Gasteiger partial charge on any atom is 0.272 e. The molecule has 0 aliphatic rings. The molecule has 0 bridgehead atoms. The predicted molar refractivity (Wildman–Crippen MR) is 73.1 cm³/mol. The lowest BCUT2D eigenvalue weighted by molar-refractivity contribution is 0.0950. The fourth-order valence-electron chi connectivity index (χ4n) is 2.11. The largest absolute Gasteiger partial charge is 0.350 e. The van der Waals surface area contributed by atoms with E-state index in [2.05, 4.69) is 25.6 Å². The molecule has 2 heterocycles. The Labute approximate surface area is 115 Å². The molecule has 3 rings (SSSR count). The Balaban J connectivity index is 1.72. The molecule has 0 aliphatic carbocycles. The number of H-pyrrole nitrogens is 1. The molecule has 0 unspecified atom stereocenters. The van der Waals surface area contributed by atoms with Gasteiger partial charge in [-0.3, -0.25) is 14.6 Å². The SMILES string of the molecule is Cn1nc(C(=O)NCCc2ncn[nH]2)c2ccccc21.